The Balaban J connectivity index is 0.00000133. The molecule has 2 N–H and O–H groups in total. The van der Waals surface area contributed by atoms with E-state index in [9.17, 15) is 4.79 Å². The summed E-state index contributed by atoms with van der Waals surface area (Å²) in [4.78, 5) is 12.0. The molecule has 106 valence electrons. The summed E-state index contributed by atoms with van der Waals surface area (Å²) in [6.07, 6.45) is 2.89. The van der Waals surface area contributed by atoms with Crippen LogP contribution in [0, 0.1) is 0 Å². The molecule has 0 aromatic carbocycles. The van der Waals surface area contributed by atoms with Gasteiger partial charge in [0.15, 0.2) is 0 Å². The Labute approximate surface area is 123 Å². The molecule has 2 fully saturated rings. The van der Waals surface area contributed by atoms with Crippen LogP contribution in [0.25, 0.3) is 0 Å². The molecular weight excluding hydrogens is 284 g/mol. The quantitative estimate of drug-likeness (QED) is 0.876. The van der Waals surface area contributed by atoms with Crippen molar-refractivity contribution in [1.29, 1.82) is 0 Å². The van der Waals surface area contributed by atoms with Crippen molar-refractivity contribution in [2.24, 2.45) is 0 Å². The number of amides is 1. The van der Waals surface area contributed by atoms with Gasteiger partial charge in [-0.05, 0) is 37.3 Å². The molecule has 19 heavy (non-hydrogen) atoms. The maximum absolute atomic E-state index is 12.0. The smallest absolute Gasteiger partial charge is 0.252 e. The largest absolute Gasteiger partial charge is 0.373 e. The molecule has 3 rings (SSSR count). The van der Waals surface area contributed by atoms with Crippen molar-refractivity contribution in [3.63, 3.8) is 0 Å². The number of carbonyl (C=O) groups excluding carboxylic acids is 1. The zero-order valence-electron chi connectivity index (χ0n) is 10.7. The molecule has 2 atom stereocenters. The highest BCUT2D eigenvalue weighted by molar-refractivity contribution is 7.08. The van der Waals surface area contributed by atoms with Gasteiger partial charge in [-0.25, -0.2) is 0 Å². The van der Waals surface area contributed by atoms with Crippen LogP contribution < -0.4 is 10.6 Å². The Bertz CT molecular complexity index is 418. The summed E-state index contributed by atoms with van der Waals surface area (Å²) in [5.41, 5.74) is 0.732. The van der Waals surface area contributed by atoms with E-state index < -0.39 is 0 Å². The van der Waals surface area contributed by atoms with E-state index >= 15 is 0 Å². The second-order valence-corrected chi connectivity index (χ2v) is 5.91. The molecule has 0 saturated carbocycles. The van der Waals surface area contributed by atoms with Gasteiger partial charge in [0.2, 0.25) is 0 Å². The van der Waals surface area contributed by atoms with Gasteiger partial charge in [-0.15, -0.1) is 12.4 Å². The summed E-state index contributed by atoms with van der Waals surface area (Å²) in [5.74, 6) is 0.0456. The maximum Gasteiger partial charge on any atom is 0.252 e. The lowest BCUT2D eigenvalue weighted by molar-refractivity contribution is -0.0732. The van der Waals surface area contributed by atoms with Gasteiger partial charge in [0.25, 0.3) is 5.91 Å². The van der Waals surface area contributed by atoms with Crippen molar-refractivity contribution in [1.82, 2.24) is 10.6 Å². The van der Waals surface area contributed by atoms with E-state index in [0.29, 0.717) is 0 Å². The van der Waals surface area contributed by atoms with Crippen LogP contribution >= 0.6 is 23.7 Å². The third kappa shape index (κ3) is 3.28. The van der Waals surface area contributed by atoms with Crippen molar-refractivity contribution in [2.45, 2.75) is 30.9 Å². The Morgan fingerprint density at radius 1 is 1.58 bits per heavy atom. The third-order valence-corrected chi connectivity index (χ3v) is 4.50. The van der Waals surface area contributed by atoms with E-state index in [1.807, 2.05) is 16.8 Å². The molecule has 2 aliphatic rings. The second-order valence-electron chi connectivity index (χ2n) is 5.13. The van der Waals surface area contributed by atoms with Crippen LogP contribution in [0.15, 0.2) is 16.8 Å². The van der Waals surface area contributed by atoms with E-state index in [2.05, 4.69) is 10.6 Å². The van der Waals surface area contributed by atoms with Gasteiger partial charge in [-0.1, -0.05) is 0 Å². The number of hydrogen-bond donors (Lipinski definition) is 2. The lowest BCUT2D eigenvalue weighted by Gasteiger charge is -2.37. The summed E-state index contributed by atoms with van der Waals surface area (Å²) >= 11 is 1.55. The molecule has 1 spiro atoms. The van der Waals surface area contributed by atoms with Crippen molar-refractivity contribution < 1.29 is 9.53 Å². The zero-order valence-corrected chi connectivity index (χ0v) is 12.3. The molecule has 4 nitrogen and oxygen atoms in total. The van der Waals surface area contributed by atoms with Crippen molar-refractivity contribution in [3.8, 4) is 0 Å². The van der Waals surface area contributed by atoms with Crippen LogP contribution in [0.3, 0.4) is 0 Å². The fourth-order valence-corrected chi connectivity index (χ4v) is 3.47. The van der Waals surface area contributed by atoms with Crippen LogP contribution in [0.4, 0.5) is 0 Å². The Morgan fingerprint density at radius 2 is 2.47 bits per heavy atom. The van der Waals surface area contributed by atoms with E-state index in [0.717, 1.165) is 44.5 Å². The highest BCUT2D eigenvalue weighted by atomic mass is 35.5. The number of nitrogens with one attached hydrogen (secondary N) is 2. The average Bonchev–Trinajstić information content (AvgIpc) is 3.01. The van der Waals surface area contributed by atoms with Crippen LogP contribution in [0.5, 0.6) is 0 Å². The lowest BCUT2D eigenvalue weighted by Crippen LogP contribution is -2.49. The van der Waals surface area contributed by atoms with Crippen LogP contribution in [0.2, 0.25) is 0 Å². The number of thiophene rings is 1. The van der Waals surface area contributed by atoms with Crippen LogP contribution in [-0.4, -0.2) is 37.2 Å². The Hall–Kier alpha value is -0.620. The summed E-state index contributed by atoms with van der Waals surface area (Å²) in [6.45, 7) is 2.68. The van der Waals surface area contributed by atoms with Gasteiger partial charge in [0, 0.05) is 30.1 Å². The van der Waals surface area contributed by atoms with Gasteiger partial charge in [-0.3, -0.25) is 4.79 Å². The fourth-order valence-electron chi connectivity index (χ4n) is 2.83. The number of ether oxygens (including phenoxy) is 1. The topological polar surface area (TPSA) is 50.4 Å². The van der Waals surface area contributed by atoms with Crippen LogP contribution in [0.1, 0.15) is 29.6 Å². The van der Waals surface area contributed by atoms with Gasteiger partial charge >= 0.3 is 0 Å². The molecule has 1 aromatic rings. The Morgan fingerprint density at radius 3 is 3.16 bits per heavy atom. The molecule has 1 amide bonds. The average molecular weight is 303 g/mol. The monoisotopic (exact) mass is 302 g/mol. The molecule has 0 bridgehead atoms. The van der Waals surface area contributed by atoms with E-state index in [1.165, 1.54) is 0 Å². The molecule has 1 aromatic heterocycles. The first kappa shape index (κ1) is 14.8. The summed E-state index contributed by atoms with van der Waals surface area (Å²) in [5, 5.41) is 10.3. The van der Waals surface area contributed by atoms with Gasteiger partial charge in [-0.2, -0.15) is 11.3 Å². The molecule has 2 aliphatic heterocycles. The predicted molar refractivity (Wildman–Crippen MR) is 78.2 cm³/mol. The maximum atomic E-state index is 12.0. The third-order valence-electron chi connectivity index (χ3n) is 3.82. The molecule has 6 heteroatoms. The summed E-state index contributed by atoms with van der Waals surface area (Å²) < 4.78 is 5.92. The number of carbonyl (C=O) groups is 1. The zero-order chi connectivity index (χ0) is 12.4. The highest BCUT2D eigenvalue weighted by Crippen LogP contribution is 2.30. The van der Waals surface area contributed by atoms with Crippen molar-refractivity contribution in [2.75, 3.05) is 19.7 Å². The van der Waals surface area contributed by atoms with Gasteiger partial charge in [0.05, 0.1) is 5.60 Å². The van der Waals surface area contributed by atoms with E-state index in [4.69, 9.17) is 4.74 Å². The predicted octanol–water partition coefficient (Wildman–Crippen LogP) is 1.81. The molecule has 2 saturated heterocycles. The van der Waals surface area contributed by atoms with Crippen molar-refractivity contribution >= 4 is 29.7 Å². The van der Waals surface area contributed by atoms with Crippen molar-refractivity contribution in [3.05, 3.63) is 22.4 Å². The minimum Gasteiger partial charge on any atom is -0.373 e. The minimum absolute atomic E-state index is 0. The second kappa shape index (κ2) is 6.22. The fraction of sp³-hybridized carbons (Fsp3) is 0.615. The van der Waals surface area contributed by atoms with Gasteiger partial charge in [0.1, 0.15) is 0 Å². The molecule has 0 aliphatic carbocycles. The molecule has 0 radical (unpaired) electrons. The number of rotatable bonds is 2. The SMILES string of the molecule is Cl.O=C(N[C@@H]1CCO[C@]2(CCNC2)C1)c1ccsc1. The standard InChI is InChI=1S/C13H18N2O2S.ClH/c16-12(10-2-6-18-8-10)15-11-1-5-17-13(7-11)3-4-14-9-13;/h2,6,8,11,14H,1,3-5,7,9H2,(H,15,16);1H/t11-,13-;/m1./s1. The summed E-state index contributed by atoms with van der Waals surface area (Å²) in [7, 11) is 0. The lowest BCUT2D eigenvalue weighted by atomic mass is 9.89. The number of hydrogen-bond acceptors (Lipinski definition) is 4. The first-order chi connectivity index (χ1) is 8.77. The van der Waals surface area contributed by atoms with Crippen LogP contribution in [-0.2, 0) is 4.74 Å². The first-order valence-electron chi connectivity index (χ1n) is 6.45. The normalized spacial score (nSPS) is 30.0. The Kier molecular flexibility index (Phi) is 4.84. The molecule has 0 unspecified atom stereocenters. The highest BCUT2D eigenvalue weighted by Gasteiger charge is 2.40. The van der Waals surface area contributed by atoms with Gasteiger partial charge < -0.3 is 15.4 Å². The molecule has 3 heterocycles. The first-order valence-corrected chi connectivity index (χ1v) is 7.39. The number of halogens is 1. The van der Waals surface area contributed by atoms with E-state index in [1.54, 1.807) is 11.3 Å². The summed E-state index contributed by atoms with van der Waals surface area (Å²) in [6, 6.07) is 2.11. The van der Waals surface area contributed by atoms with E-state index in [-0.39, 0.29) is 30.0 Å². The minimum atomic E-state index is -0.0369. The molecular formula is C13H19ClN2O2S.